The molecule has 0 aliphatic rings. The molecule has 20 heteroatoms. The normalized spacial score (nSPS) is 10.7. The maximum atomic E-state index is 13.4. The van der Waals surface area contributed by atoms with Gasteiger partial charge >= 0.3 is 0 Å². The van der Waals surface area contributed by atoms with Crippen LogP contribution in [0, 0.1) is 11.6 Å². The summed E-state index contributed by atoms with van der Waals surface area (Å²) < 4.78 is 36.8. The molecule has 0 unspecified atom stereocenters. The quantitative estimate of drug-likeness (QED) is 0.0436. The van der Waals surface area contributed by atoms with Crippen LogP contribution in [0.4, 0.5) is 43.7 Å². The van der Waals surface area contributed by atoms with Crippen LogP contribution in [0.15, 0.2) is 65.7 Å². The standard InChI is InChI=1S/C20H18ClFN6OS2.C15H17ClFN5OS/c1-29-7-2-5-23-17-13(18-27-16(11-31-18)19-24-6-8-30-19)10-25-20(28-17)26-12-3-4-15(22)14(21)9-12;1-23-6-2-5-19-14-10(13(18)24)8-20-15(22-14)21-9-3-4-12(17)11(16)7-9/h3-4,6,8-11H,2,5,7H2,1H3,(H2,23,25,26,28);3-4,7-8H,2,5-6H2,1H3,(H2,18,24)(H2,19,20,21,22). The lowest BCUT2D eigenvalue weighted by Crippen LogP contribution is -2.17. The first-order valence-electron chi connectivity index (χ1n) is 16.4. The van der Waals surface area contributed by atoms with Crippen molar-refractivity contribution >= 4 is 98.0 Å². The van der Waals surface area contributed by atoms with Gasteiger partial charge in [-0.1, -0.05) is 35.4 Å². The van der Waals surface area contributed by atoms with Crippen LogP contribution in [0.2, 0.25) is 10.0 Å². The highest BCUT2D eigenvalue weighted by molar-refractivity contribution is 7.80. The lowest BCUT2D eigenvalue weighted by molar-refractivity contribution is 0.197. The van der Waals surface area contributed by atoms with Crippen LogP contribution in [0.25, 0.3) is 21.3 Å². The summed E-state index contributed by atoms with van der Waals surface area (Å²) in [7, 11) is 3.31. The number of ether oxygens (including phenoxy) is 2. The summed E-state index contributed by atoms with van der Waals surface area (Å²) in [5.41, 5.74) is 9.00. The third kappa shape index (κ3) is 12.1. The summed E-state index contributed by atoms with van der Waals surface area (Å²) in [6, 6.07) is 8.61. The van der Waals surface area contributed by atoms with Crippen molar-refractivity contribution in [2.24, 2.45) is 5.73 Å². The number of hydrogen-bond donors (Lipinski definition) is 5. The van der Waals surface area contributed by atoms with Gasteiger partial charge in [0.15, 0.2) is 0 Å². The Hall–Kier alpha value is -4.69. The largest absolute Gasteiger partial charge is 0.389 e. The van der Waals surface area contributed by atoms with E-state index in [1.165, 1.54) is 59.2 Å². The number of aromatic nitrogens is 6. The van der Waals surface area contributed by atoms with Gasteiger partial charge in [-0.2, -0.15) is 9.97 Å². The van der Waals surface area contributed by atoms with Crippen LogP contribution in [-0.2, 0) is 9.47 Å². The summed E-state index contributed by atoms with van der Waals surface area (Å²) in [6.07, 6.45) is 6.62. The van der Waals surface area contributed by atoms with Crippen molar-refractivity contribution in [3.8, 4) is 21.3 Å². The Balaban J connectivity index is 0.000000219. The summed E-state index contributed by atoms with van der Waals surface area (Å²) in [4.78, 5) is 26.8. The van der Waals surface area contributed by atoms with E-state index in [0.29, 0.717) is 66.8 Å². The molecule has 4 aromatic heterocycles. The first kappa shape index (κ1) is 41.5. The zero-order chi connectivity index (χ0) is 39.2. The Morgan fingerprint density at radius 2 is 1.36 bits per heavy atom. The van der Waals surface area contributed by atoms with Gasteiger partial charge in [0.05, 0.1) is 21.2 Å². The molecule has 6 N–H and O–H groups in total. The lowest BCUT2D eigenvalue weighted by atomic mass is 10.3. The van der Waals surface area contributed by atoms with E-state index in [4.69, 9.17) is 55.6 Å². The molecule has 0 fully saturated rings. The molecule has 6 aromatic rings. The molecule has 0 radical (unpaired) electrons. The highest BCUT2D eigenvalue weighted by atomic mass is 35.5. The number of benzene rings is 2. The molecule has 288 valence electrons. The predicted molar refractivity (Wildman–Crippen MR) is 222 cm³/mol. The Kier molecular flexibility index (Phi) is 15.7. The molecule has 2 aromatic carbocycles. The number of halogens is 4. The van der Waals surface area contributed by atoms with Crippen LogP contribution in [0.1, 0.15) is 18.4 Å². The van der Waals surface area contributed by atoms with Crippen molar-refractivity contribution in [3.05, 3.63) is 93.0 Å². The predicted octanol–water partition coefficient (Wildman–Crippen LogP) is 8.80. The number of rotatable bonds is 17. The van der Waals surface area contributed by atoms with E-state index in [1.807, 2.05) is 10.8 Å². The molecule has 0 atom stereocenters. The number of hydrogen-bond acceptors (Lipinski definition) is 15. The maximum Gasteiger partial charge on any atom is 0.229 e. The van der Waals surface area contributed by atoms with Gasteiger partial charge in [0.2, 0.25) is 11.9 Å². The van der Waals surface area contributed by atoms with Crippen LogP contribution >= 0.6 is 58.1 Å². The Labute approximate surface area is 339 Å². The fourth-order valence-corrected chi connectivity index (χ4v) is 6.59. The lowest BCUT2D eigenvalue weighted by Gasteiger charge is -2.12. The average Bonchev–Trinajstić information content (AvgIpc) is 3.89. The molecular formula is C35H35Cl2F2N11O2S3. The fraction of sp³-hybridized carbons (Fsp3) is 0.229. The first-order chi connectivity index (χ1) is 26.6. The summed E-state index contributed by atoms with van der Waals surface area (Å²) in [6.45, 7) is 2.57. The molecule has 0 spiro atoms. The van der Waals surface area contributed by atoms with E-state index in [2.05, 4.69) is 46.2 Å². The summed E-state index contributed by atoms with van der Waals surface area (Å²) in [5.74, 6) is 0.853. The zero-order valence-electron chi connectivity index (χ0n) is 29.4. The Morgan fingerprint density at radius 1 is 0.782 bits per heavy atom. The first-order valence-corrected chi connectivity index (χ1v) is 19.4. The van der Waals surface area contributed by atoms with Gasteiger partial charge in [-0.05, 0) is 49.2 Å². The van der Waals surface area contributed by atoms with E-state index in [1.54, 1.807) is 32.7 Å². The van der Waals surface area contributed by atoms with Crippen molar-refractivity contribution in [3.63, 3.8) is 0 Å². The second-order valence-electron chi connectivity index (χ2n) is 11.2. The second kappa shape index (κ2) is 20.8. The van der Waals surface area contributed by atoms with Gasteiger partial charge in [-0.15, -0.1) is 22.7 Å². The molecule has 4 heterocycles. The van der Waals surface area contributed by atoms with Crippen molar-refractivity contribution in [2.75, 3.05) is 61.8 Å². The highest BCUT2D eigenvalue weighted by Gasteiger charge is 2.16. The SMILES string of the molecule is COCCCNc1nc(Nc2ccc(F)c(Cl)c2)ncc1-c1nc(-c2nccs2)cs1.COCCCNc1nc(Nc2ccc(F)c(Cl)c2)ncc1C(N)=S. The van der Waals surface area contributed by atoms with Crippen molar-refractivity contribution < 1.29 is 18.3 Å². The second-order valence-corrected chi connectivity index (χ2v) is 14.2. The number of thiocarbonyl (C=S) groups is 1. The smallest absolute Gasteiger partial charge is 0.229 e. The van der Waals surface area contributed by atoms with Crippen LogP contribution < -0.4 is 27.0 Å². The van der Waals surface area contributed by atoms with Gasteiger partial charge in [-0.25, -0.2) is 28.7 Å². The highest BCUT2D eigenvalue weighted by Crippen LogP contribution is 2.34. The number of nitrogens with one attached hydrogen (secondary N) is 4. The minimum atomic E-state index is -0.493. The van der Waals surface area contributed by atoms with Gasteiger partial charge in [0.25, 0.3) is 0 Å². The van der Waals surface area contributed by atoms with E-state index in [9.17, 15) is 8.78 Å². The molecule has 6 rings (SSSR count). The number of methoxy groups -OCH3 is 2. The van der Waals surface area contributed by atoms with Crippen molar-refractivity contribution in [1.29, 1.82) is 0 Å². The van der Waals surface area contributed by atoms with Crippen molar-refractivity contribution in [1.82, 2.24) is 29.9 Å². The minimum Gasteiger partial charge on any atom is -0.389 e. The van der Waals surface area contributed by atoms with Gasteiger partial charge in [0, 0.05) is 81.2 Å². The molecule has 0 saturated heterocycles. The summed E-state index contributed by atoms with van der Waals surface area (Å²) >= 11 is 19.7. The van der Waals surface area contributed by atoms with E-state index in [-0.39, 0.29) is 15.0 Å². The molecular weight excluding hydrogens is 812 g/mol. The third-order valence-corrected chi connectivity index (χ3v) is 9.69. The monoisotopic (exact) mass is 845 g/mol. The minimum absolute atomic E-state index is 0.0117. The average molecular weight is 847 g/mol. The fourth-order valence-electron chi connectivity index (χ4n) is 4.59. The molecule has 13 nitrogen and oxygen atoms in total. The molecule has 0 bridgehead atoms. The third-order valence-electron chi connectivity index (χ3n) is 7.22. The van der Waals surface area contributed by atoms with E-state index < -0.39 is 11.6 Å². The zero-order valence-corrected chi connectivity index (χ0v) is 33.4. The van der Waals surface area contributed by atoms with E-state index in [0.717, 1.165) is 34.1 Å². The number of thiazole rings is 2. The Morgan fingerprint density at radius 3 is 1.91 bits per heavy atom. The summed E-state index contributed by atoms with van der Waals surface area (Å²) in [5, 5.41) is 18.1. The topological polar surface area (TPSA) is 170 Å². The number of anilines is 6. The molecule has 55 heavy (non-hydrogen) atoms. The van der Waals surface area contributed by atoms with Gasteiger partial charge < -0.3 is 36.5 Å². The molecule has 0 aliphatic carbocycles. The Bertz CT molecular complexity index is 2180. The molecule has 0 aliphatic heterocycles. The van der Waals surface area contributed by atoms with Gasteiger partial charge in [-0.3, -0.25) is 0 Å². The maximum absolute atomic E-state index is 13.4. The van der Waals surface area contributed by atoms with Crippen LogP contribution in [0.5, 0.6) is 0 Å². The number of nitrogens with two attached hydrogens (primary N) is 1. The number of nitrogens with zero attached hydrogens (tertiary/aromatic N) is 6. The van der Waals surface area contributed by atoms with Gasteiger partial charge in [0.1, 0.15) is 44.0 Å². The van der Waals surface area contributed by atoms with Crippen LogP contribution in [0.3, 0.4) is 0 Å². The molecule has 0 amide bonds. The van der Waals surface area contributed by atoms with Crippen LogP contribution in [-0.4, -0.2) is 75.4 Å². The molecule has 0 saturated carbocycles. The van der Waals surface area contributed by atoms with Crippen molar-refractivity contribution in [2.45, 2.75) is 12.8 Å². The van der Waals surface area contributed by atoms with E-state index >= 15 is 0 Å².